The lowest BCUT2D eigenvalue weighted by atomic mass is 10.2. The Morgan fingerprint density at radius 2 is 1.79 bits per heavy atom. The van der Waals surface area contributed by atoms with Crippen molar-refractivity contribution in [2.24, 2.45) is 4.99 Å². The second-order valence-corrected chi connectivity index (χ2v) is 6.17. The van der Waals surface area contributed by atoms with Gasteiger partial charge in [0.1, 0.15) is 0 Å². The zero-order valence-electron chi connectivity index (χ0n) is 15.8. The highest BCUT2D eigenvalue weighted by molar-refractivity contribution is 6.31. The van der Waals surface area contributed by atoms with Crippen LogP contribution < -0.4 is 14.2 Å². The lowest BCUT2D eigenvalue weighted by Gasteiger charge is -2.12. The number of hydrogen-bond donors (Lipinski definition) is 1. The van der Waals surface area contributed by atoms with Crippen LogP contribution in [0.2, 0.25) is 5.02 Å². The van der Waals surface area contributed by atoms with Crippen LogP contribution in [-0.2, 0) is 0 Å². The fourth-order valence-corrected chi connectivity index (χ4v) is 2.77. The maximum Gasteiger partial charge on any atom is 0.312 e. The fourth-order valence-electron chi connectivity index (χ4n) is 2.60. The van der Waals surface area contributed by atoms with Crippen LogP contribution in [0.15, 0.2) is 39.7 Å². The summed E-state index contributed by atoms with van der Waals surface area (Å²) >= 11 is 6.10. The third-order valence-corrected chi connectivity index (χ3v) is 4.52. The molecule has 0 spiro atoms. The van der Waals surface area contributed by atoms with Gasteiger partial charge < -0.3 is 23.7 Å². The molecule has 0 radical (unpaired) electrons. The Labute approximate surface area is 167 Å². The number of benzene rings is 2. The number of hydrogen-bond acceptors (Lipinski definition) is 7. The largest absolute Gasteiger partial charge is 0.493 e. The summed E-state index contributed by atoms with van der Waals surface area (Å²) in [4.78, 5) is 8.64. The molecule has 1 heterocycles. The first-order valence-electron chi connectivity index (χ1n) is 8.27. The minimum atomic E-state index is -0.354. The molecule has 0 fully saturated rings. The molecule has 0 aliphatic rings. The van der Waals surface area contributed by atoms with E-state index in [0.29, 0.717) is 33.5 Å². The Bertz CT molecular complexity index is 1000. The van der Waals surface area contributed by atoms with E-state index in [9.17, 15) is 5.11 Å². The molecule has 0 unspecified atom stereocenters. The molecular weight excluding hydrogens is 384 g/mol. The van der Waals surface area contributed by atoms with Gasteiger partial charge in [-0.15, -0.1) is 0 Å². The van der Waals surface area contributed by atoms with Crippen molar-refractivity contribution in [1.82, 2.24) is 4.98 Å². The summed E-state index contributed by atoms with van der Waals surface area (Å²) in [6.45, 7) is 1.86. The number of aromatic nitrogens is 1. The Kier molecular flexibility index (Phi) is 5.75. The van der Waals surface area contributed by atoms with Crippen molar-refractivity contribution in [2.75, 3.05) is 21.3 Å². The summed E-state index contributed by atoms with van der Waals surface area (Å²) in [6.07, 6.45) is 1.42. The van der Waals surface area contributed by atoms with Gasteiger partial charge in [0.25, 0.3) is 0 Å². The molecule has 28 heavy (non-hydrogen) atoms. The Morgan fingerprint density at radius 1 is 1.11 bits per heavy atom. The molecule has 0 aliphatic carbocycles. The number of nitrogens with zero attached hydrogens (tertiary/aromatic N) is 2. The normalized spacial score (nSPS) is 11.0. The third-order valence-electron chi connectivity index (χ3n) is 4.11. The molecule has 0 amide bonds. The van der Waals surface area contributed by atoms with Crippen LogP contribution in [0.5, 0.6) is 23.2 Å². The second kappa shape index (κ2) is 8.22. The van der Waals surface area contributed by atoms with Gasteiger partial charge in [-0.3, -0.25) is 4.99 Å². The number of methoxy groups -OCH3 is 3. The molecule has 3 rings (SSSR count). The van der Waals surface area contributed by atoms with Gasteiger partial charge in [0, 0.05) is 10.6 Å². The first-order chi connectivity index (χ1) is 13.5. The van der Waals surface area contributed by atoms with Crippen molar-refractivity contribution < 1.29 is 23.7 Å². The van der Waals surface area contributed by atoms with Crippen LogP contribution in [0, 0.1) is 6.92 Å². The topological polar surface area (TPSA) is 86.3 Å². The van der Waals surface area contributed by atoms with Crippen molar-refractivity contribution in [3.8, 4) is 34.6 Å². The van der Waals surface area contributed by atoms with E-state index in [-0.39, 0.29) is 17.5 Å². The summed E-state index contributed by atoms with van der Waals surface area (Å²) in [5.74, 6) is 1.16. The van der Waals surface area contributed by atoms with Crippen LogP contribution in [0.3, 0.4) is 0 Å². The lowest BCUT2D eigenvalue weighted by Crippen LogP contribution is -1.95. The van der Waals surface area contributed by atoms with E-state index in [1.165, 1.54) is 27.5 Å². The third kappa shape index (κ3) is 3.75. The van der Waals surface area contributed by atoms with Gasteiger partial charge in [0.2, 0.25) is 11.6 Å². The zero-order valence-corrected chi connectivity index (χ0v) is 16.6. The Balaban J connectivity index is 1.98. The Hall–Kier alpha value is -3.19. The molecule has 1 aromatic heterocycles. The quantitative estimate of drug-likeness (QED) is 0.597. The molecule has 0 bridgehead atoms. The molecule has 7 nitrogen and oxygen atoms in total. The van der Waals surface area contributed by atoms with Crippen molar-refractivity contribution in [2.45, 2.75) is 6.92 Å². The van der Waals surface area contributed by atoms with Crippen LogP contribution in [0.4, 0.5) is 5.69 Å². The molecule has 8 heteroatoms. The van der Waals surface area contributed by atoms with Crippen LogP contribution >= 0.6 is 11.6 Å². The molecule has 0 saturated carbocycles. The van der Waals surface area contributed by atoms with Gasteiger partial charge in [-0.25, -0.2) is 4.98 Å². The monoisotopic (exact) mass is 402 g/mol. The Morgan fingerprint density at radius 3 is 2.39 bits per heavy atom. The summed E-state index contributed by atoms with van der Waals surface area (Å²) in [5, 5.41) is 10.7. The molecule has 3 aromatic rings. The highest BCUT2D eigenvalue weighted by Gasteiger charge is 2.19. The molecule has 0 saturated heterocycles. The summed E-state index contributed by atoms with van der Waals surface area (Å²) in [7, 11) is 4.54. The summed E-state index contributed by atoms with van der Waals surface area (Å²) < 4.78 is 21.4. The average Bonchev–Trinajstić information content (AvgIpc) is 3.08. The summed E-state index contributed by atoms with van der Waals surface area (Å²) in [6, 6.07) is 8.75. The minimum absolute atomic E-state index is 0.181. The van der Waals surface area contributed by atoms with Gasteiger partial charge >= 0.3 is 5.95 Å². The minimum Gasteiger partial charge on any atom is -0.493 e. The first-order valence-corrected chi connectivity index (χ1v) is 8.65. The lowest BCUT2D eigenvalue weighted by molar-refractivity contribution is 0.323. The van der Waals surface area contributed by atoms with E-state index in [1.807, 2.05) is 13.0 Å². The van der Waals surface area contributed by atoms with Gasteiger partial charge in [0.05, 0.1) is 33.2 Å². The van der Waals surface area contributed by atoms with Crippen LogP contribution in [0.1, 0.15) is 11.3 Å². The molecule has 1 N–H and O–H groups in total. The van der Waals surface area contributed by atoms with E-state index < -0.39 is 0 Å². The zero-order chi connectivity index (χ0) is 20.3. The fraction of sp³-hybridized carbons (Fsp3) is 0.200. The van der Waals surface area contributed by atoms with Gasteiger partial charge in [-0.05, 0) is 36.8 Å². The molecule has 0 atom stereocenters. The number of aliphatic imine (C=N–C) groups is 1. The number of oxazole rings is 1. The summed E-state index contributed by atoms with van der Waals surface area (Å²) in [5.41, 5.74) is 2.23. The van der Waals surface area contributed by atoms with Gasteiger partial charge in [-0.1, -0.05) is 17.7 Å². The number of ether oxygens (including phenoxy) is 3. The van der Waals surface area contributed by atoms with E-state index in [4.69, 9.17) is 30.2 Å². The standard InChI is InChI=1S/C20H19ClN2O5/c1-11-13(21)6-5-7-14(11)22-10-15-20(24)28-19(23-15)12-8-16(25-2)18(27-4)17(9-12)26-3/h5-10,24H,1-4H3. The molecule has 146 valence electrons. The van der Waals surface area contributed by atoms with Gasteiger partial charge in [-0.2, -0.15) is 0 Å². The van der Waals surface area contributed by atoms with E-state index in [1.54, 1.807) is 24.3 Å². The van der Waals surface area contributed by atoms with E-state index >= 15 is 0 Å². The van der Waals surface area contributed by atoms with E-state index in [0.717, 1.165) is 5.56 Å². The molecule has 2 aromatic carbocycles. The maximum atomic E-state index is 10.1. The van der Waals surface area contributed by atoms with E-state index in [2.05, 4.69) is 9.98 Å². The van der Waals surface area contributed by atoms with Crippen molar-refractivity contribution in [3.05, 3.63) is 46.6 Å². The van der Waals surface area contributed by atoms with Crippen LogP contribution in [-0.4, -0.2) is 37.6 Å². The average molecular weight is 403 g/mol. The van der Waals surface area contributed by atoms with Gasteiger partial charge in [0.15, 0.2) is 17.2 Å². The first kappa shape index (κ1) is 19.6. The number of halogens is 1. The second-order valence-electron chi connectivity index (χ2n) is 5.77. The highest BCUT2D eigenvalue weighted by Crippen LogP contribution is 2.41. The highest BCUT2D eigenvalue weighted by atomic mass is 35.5. The predicted octanol–water partition coefficient (Wildman–Crippen LogP) is 4.79. The van der Waals surface area contributed by atoms with Crippen molar-refractivity contribution >= 4 is 23.5 Å². The van der Waals surface area contributed by atoms with Crippen molar-refractivity contribution in [1.29, 1.82) is 0 Å². The SMILES string of the molecule is COc1cc(-c2nc(C=Nc3cccc(Cl)c3C)c(O)o2)cc(OC)c1OC. The number of rotatable bonds is 6. The smallest absolute Gasteiger partial charge is 0.312 e. The number of aromatic hydroxyl groups is 1. The molecule has 0 aliphatic heterocycles. The van der Waals surface area contributed by atoms with Crippen LogP contribution in [0.25, 0.3) is 11.5 Å². The predicted molar refractivity (Wildman–Crippen MR) is 107 cm³/mol. The maximum absolute atomic E-state index is 10.1. The van der Waals surface area contributed by atoms with Crippen molar-refractivity contribution in [3.63, 3.8) is 0 Å². The molecular formula is C20H19ClN2O5.